The van der Waals surface area contributed by atoms with Gasteiger partial charge in [0.05, 0.1) is 12.4 Å². The zero-order valence-electron chi connectivity index (χ0n) is 15.0. The first-order valence-electron chi connectivity index (χ1n) is 8.73. The standard InChI is InChI=1S/C17H24N6O2/c1-12-19-15(20-25-12)14-8-17(10-22(14)3)4-6-23(7-5-17)16(24)13-9-21(2)11-18-13/h9,11,14H,4-8,10H2,1-3H3. The summed E-state index contributed by atoms with van der Waals surface area (Å²) in [5.74, 6) is 1.43. The van der Waals surface area contributed by atoms with Gasteiger partial charge in [0.2, 0.25) is 5.89 Å². The van der Waals surface area contributed by atoms with E-state index in [-0.39, 0.29) is 17.4 Å². The Morgan fingerprint density at radius 1 is 1.32 bits per heavy atom. The molecule has 8 heteroatoms. The molecule has 25 heavy (non-hydrogen) atoms. The highest BCUT2D eigenvalue weighted by atomic mass is 16.5. The molecule has 1 amide bonds. The molecule has 1 spiro atoms. The van der Waals surface area contributed by atoms with Crippen LogP contribution in [0.2, 0.25) is 0 Å². The molecule has 2 aliphatic heterocycles. The van der Waals surface area contributed by atoms with Gasteiger partial charge in [0.15, 0.2) is 5.82 Å². The predicted octanol–water partition coefficient (Wildman–Crippen LogP) is 1.41. The molecule has 0 bridgehead atoms. The van der Waals surface area contributed by atoms with E-state index in [9.17, 15) is 4.79 Å². The van der Waals surface area contributed by atoms with E-state index in [1.807, 2.05) is 23.4 Å². The molecule has 2 aromatic heterocycles. The number of likely N-dealkylation sites (tertiary alicyclic amines) is 2. The first-order chi connectivity index (χ1) is 12.0. The van der Waals surface area contributed by atoms with Crippen molar-refractivity contribution in [1.82, 2.24) is 29.5 Å². The Kier molecular flexibility index (Phi) is 3.87. The molecular weight excluding hydrogens is 320 g/mol. The van der Waals surface area contributed by atoms with Gasteiger partial charge in [0, 0.05) is 39.8 Å². The van der Waals surface area contributed by atoms with Crippen LogP contribution in [0, 0.1) is 12.3 Å². The van der Waals surface area contributed by atoms with Gasteiger partial charge < -0.3 is 14.0 Å². The van der Waals surface area contributed by atoms with Gasteiger partial charge in [-0.15, -0.1) is 0 Å². The van der Waals surface area contributed by atoms with Crippen LogP contribution in [0.5, 0.6) is 0 Å². The van der Waals surface area contributed by atoms with E-state index < -0.39 is 0 Å². The number of rotatable bonds is 2. The van der Waals surface area contributed by atoms with E-state index in [0.717, 1.165) is 44.7 Å². The second-order valence-electron chi connectivity index (χ2n) is 7.52. The van der Waals surface area contributed by atoms with Gasteiger partial charge in [-0.3, -0.25) is 9.69 Å². The van der Waals surface area contributed by atoms with Gasteiger partial charge in [-0.2, -0.15) is 4.98 Å². The molecule has 0 saturated carbocycles. The highest BCUT2D eigenvalue weighted by Gasteiger charge is 2.46. The molecule has 0 N–H and O–H groups in total. The summed E-state index contributed by atoms with van der Waals surface area (Å²) >= 11 is 0. The fourth-order valence-electron chi connectivity index (χ4n) is 4.24. The van der Waals surface area contributed by atoms with E-state index in [1.165, 1.54) is 0 Å². The molecule has 2 aromatic rings. The molecule has 1 atom stereocenters. The molecule has 4 rings (SSSR count). The van der Waals surface area contributed by atoms with Gasteiger partial charge in [-0.1, -0.05) is 5.16 Å². The number of carbonyl (C=O) groups is 1. The largest absolute Gasteiger partial charge is 0.340 e. The summed E-state index contributed by atoms with van der Waals surface area (Å²) in [6, 6.07) is 0.204. The molecule has 0 aliphatic carbocycles. The van der Waals surface area contributed by atoms with Gasteiger partial charge in [-0.25, -0.2) is 4.98 Å². The van der Waals surface area contributed by atoms with Crippen LogP contribution < -0.4 is 0 Å². The molecule has 0 aromatic carbocycles. The summed E-state index contributed by atoms with van der Waals surface area (Å²) in [5.41, 5.74) is 0.761. The van der Waals surface area contributed by atoms with Crippen molar-refractivity contribution in [3.05, 3.63) is 29.9 Å². The fraction of sp³-hybridized carbons (Fsp3) is 0.647. The molecule has 0 radical (unpaired) electrons. The number of hydrogen-bond donors (Lipinski definition) is 0. The van der Waals surface area contributed by atoms with E-state index in [4.69, 9.17) is 4.52 Å². The predicted molar refractivity (Wildman–Crippen MR) is 89.8 cm³/mol. The Hall–Kier alpha value is -2.22. The summed E-state index contributed by atoms with van der Waals surface area (Å²) in [4.78, 5) is 25.4. The molecule has 8 nitrogen and oxygen atoms in total. The van der Waals surface area contributed by atoms with Crippen LogP contribution >= 0.6 is 0 Å². The SMILES string of the molecule is Cc1nc(C2CC3(CCN(C(=O)c4cn(C)cn4)CC3)CN2C)no1. The van der Waals surface area contributed by atoms with Crippen LogP contribution in [-0.4, -0.2) is 62.1 Å². The maximum atomic E-state index is 12.6. The Balaban J connectivity index is 1.42. The van der Waals surface area contributed by atoms with Gasteiger partial charge >= 0.3 is 0 Å². The maximum Gasteiger partial charge on any atom is 0.274 e. The van der Waals surface area contributed by atoms with Crippen molar-refractivity contribution < 1.29 is 9.32 Å². The smallest absolute Gasteiger partial charge is 0.274 e. The third-order valence-corrected chi connectivity index (χ3v) is 5.62. The van der Waals surface area contributed by atoms with E-state index >= 15 is 0 Å². The third-order valence-electron chi connectivity index (χ3n) is 5.62. The fourth-order valence-corrected chi connectivity index (χ4v) is 4.24. The lowest BCUT2D eigenvalue weighted by Gasteiger charge is -2.39. The van der Waals surface area contributed by atoms with Crippen molar-refractivity contribution in [2.75, 3.05) is 26.7 Å². The highest BCUT2D eigenvalue weighted by molar-refractivity contribution is 5.92. The summed E-state index contributed by atoms with van der Waals surface area (Å²) in [5, 5.41) is 4.11. The van der Waals surface area contributed by atoms with Crippen LogP contribution in [-0.2, 0) is 7.05 Å². The summed E-state index contributed by atoms with van der Waals surface area (Å²) in [6.07, 6.45) is 6.48. The minimum atomic E-state index is 0.0344. The van der Waals surface area contributed by atoms with E-state index in [2.05, 4.69) is 27.1 Å². The quantitative estimate of drug-likeness (QED) is 0.819. The van der Waals surface area contributed by atoms with E-state index in [1.54, 1.807) is 12.5 Å². The molecule has 134 valence electrons. The van der Waals surface area contributed by atoms with Crippen LogP contribution in [0.25, 0.3) is 0 Å². The number of amides is 1. The Morgan fingerprint density at radius 3 is 2.68 bits per heavy atom. The molecule has 2 fully saturated rings. The zero-order valence-corrected chi connectivity index (χ0v) is 15.0. The van der Waals surface area contributed by atoms with Crippen molar-refractivity contribution in [1.29, 1.82) is 0 Å². The number of carbonyl (C=O) groups excluding carboxylic acids is 1. The first-order valence-corrected chi connectivity index (χ1v) is 8.73. The second kappa shape index (κ2) is 5.94. The van der Waals surface area contributed by atoms with Crippen molar-refractivity contribution in [2.45, 2.75) is 32.2 Å². The minimum absolute atomic E-state index is 0.0344. The monoisotopic (exact) mass is 344 g/mol. The number of aromatic nitrogens is 4. The van der Waals surface area contributed by atoms with Gasteiger partial charge in [-0.05, 0) is 31.7 Å². The zero-order chi connectivity index (χ0) is 17.6. The minimum Gasteiger partial charge on any atom is -0.340 e. The number of hydrogen-bond acceptors (Lipinski definition) is 6. The lowest BCUT2D eigenvalue weighted by atomic mass is 9.76. The van der Waals surface area contributed by atoms with E-state index in [0.29, 0.717) is 11.6 Å². The normalized spacial score (nSPS) is 23.5. The van der Waals surface area contributed by atoms with Gasteiger partial charge in [0.1, 0.15) is 5.69 Å². The van der Waals surface area contributed by atoms with Crippen molar-refractivity contribution >= 4 is 5.91 Å². The van der Waals surface area contributed by atoms with Crippen molar-refractivity contribution in [3.8, 4) is 0 Å². The van der Waals surface area contributed by atoms with Crippen LogP contribution in [0.1, 0.15) is 47.5 Å². The summed E-state index contributed by atoms with van der Waals surface area (Å²) < 4.78 is 6.96. The van der Waals surface area contributed by atoms with Gasteiger partial charge in [0.25, 0.3) is 5.91 Å². The Labute approximate surface area is 146 Å². The Bertz CT molecular complexity index is 774. The number of aryl methyl sites for hydroxylation is 2. The highest BCUT2D eigenvalue weighted by Crippen LogP contribution is 2.47. The number of piperidine rings is 1. The number of nitrogens with zero attached hydrogens (tertiary/aromatic N) is 6. The average Bonchev–Trinajstić information content (AvgIpc) is 3.28. The number of imidazole rings is 1. The summed E-state index contributed by atoms with van der Waals surface area (Å²) in [7, 11) is 4.00. The molecular formula is C17H24N6O2. The lowest BCUT2D eigenvalue weighted by molar-refractivity contribution is 0.0588. The van der Waals surface area contributed by atoms with Crippen LogP contribution in [0.15, 0.2) is 17.0 Å². The lowest BCUT2D eigenvalue weighted by Crippen LogP contribution is -2.44. The third kappa shape index (κ3) is 2.95. The van der Waals surface area contributed by atoms with Crippen LogP contribution in [0.3, 0.4) is 0 Å². The maximum absolute atomic E-state index is 12.6. The molecule has 1 unspecified atom stereocenters. The molecule has 2 aliphatic rings. The topological polar surface area (TPSA) is 80.3 Å². The molecule has 4 heterocycles. The van der Waals surface area contributed by atoms with Crippen LogP contribution in [0.4, 0.5) is 0 Å². The first kappa shape index (κ1) is 16.3. The second-order valence-corrected chi connectivity index (χ2v) is 7.52. The molecule has 2 saturated heterocycles. The average molecular weight is 344 g/mol. The van der Waals surface area contributed by atoms with Crippen molar-refractivity contribution in [3.63, 3.8) is 0 Å². The Morgan fingerprint density at radius 2 is 2.08 bits per heavy atom. The van der Waals surface area contributed by atoms with Crippen molar-refractivity contribution in [2.24, 2.45) is 12.5 Å². The summed E-state index contributed by atoms with van der Waals surface area (Å²) in [6.45, 7) is 4.39.